The molecule has 0 unspecified atom stereocenters. The van der Waals surface area contributed by atoms with Gasteiger partial charge in [0.1, 0.15) is 0 Å². The minimum absolute atomic E-state index is 0.0141. The average molecular weight is 437 g/mol. The third-order valence-electron chi connectivity index (χ3n) is 5.21. The minimum atomic E-state index is -1.12. The Bertz CT molecular complexity index is 1300. The molecule has 0 saturated carbocycles. The first-order valence-corrected chi connectivity index (χ1v) is 10.6. The van der Waals surface area contributed by atoms with Crippen LogP contribution in [-0.2, 0) is 0 Å². The fourth-order valence-electron chi connectivity index (χ4n) is 3.63. The molecule has 3 aromatic carbocycles. The number of benzene rings is 3. The maximum absolute atomic E-state index is 13.0. The Kier molecular flexibility index (Phi) is 6.45. The van der Waals surface area contributed by atoms with Gasteiger partial charge in [0.2, 0.25) is 0 Å². The summed E-state index contributed by atoms with van der Waals surface area (Å²) in [6.07, 6.45) is 3.15. The number of rotatable bonds is 7. The van der Waals surface area contributed by atoms with Crippen molar-refractivity contribution >= 4 is 23.3 Å². The number of nitrogens with zero attached hydrogens (tertiary/aromatic N) is 1. The maximum Gasteiger partial charge on any atom is 0.337 e. The summed E-state index contributed by atoms with van der Waals surface area (Å²) in [6, 6.07) is 24.1. The van der Waals surface area contributed by atoms with Crippen molar-refractivity contribution in [3.63, 3.8) is 0 Å². The Hall–Kier alpha value is -4.45. The van der Waals surface area contributed by atoms with E-state index in [0.717, 1.165) is 34.5 Å². The standard InChI is InChI=1S/C27H23N3O3/c1-2-29-24-11-7-6-10-22(24)19-12-13-23(27(32)33)25(15-19)30-26(31)21-14-20(16-28-17-21)18-8-4-3-5-9-18/h3-17,29H,2H2,1H3,(H,30,31)(H,32,33). The van der Waals surface area contributed by atoms with Crippen molar-refractivity contribution in [2.75, 3.05) is 17.2 Å². The van der Waals surface area contributed by atoms with Crippen LogP contribution >= 0.6 is 0 Å². The molecule has 0 aliphatic heterocycles. The molecule has 0 fully saturated rings. The molecule has 33 heavy (non-hydrogen) atoms. The summed E-state index contributed by atoms with van der Waals surface area (Å²) < 4.78 is 0. The van der Waals surface area contributed by atoms with Crippen LogP contribution in [0.2, 0.25) is 0 Å². The number of hydrogen-bond donors (Lipinski definition) is 3. The average Bonchev–Trinajstić information content (AvgIpc) is 2.85. The molecule has 1 aromatic heterocycles. The highest BCUT2D eigenvalue weighted by molar-refractivity contribution is 6.08. The van der Waals surface area contributed by atoms with Crippen LogP contribution in [0.3, 0.4) is 0 Å². The third kappa shape index (κ3) is 4.91. The lowest BCUT2D eigenvalue weighted by molar-refractivity contribution is 0.0698. The fourth-order valence-corrected chi connectivity index (χ4v) is 3.63. The number of para-hydroxylation sites is 1. The molecule has 3 N–H and O–H groups in total. The van der Waals surface area contributed by atoms with Gasteiger partial charge >= 0.3 is 5.97 Å². The van der Waals surface area contributed by atoms with Crippen LogP contribution in [0.4, 0.5) is 11.4 Å². The Balaban J connectivity index is 1.68. The number of hydrogen-bond acceptors (Lipinski definition) is 4. The third-order valence-corrected chi connectivity index (χ3v) is 5.21. The van der Waals surface area contributed by atoms with E-state index in [0.29, 0.717) is 5.56 Å². The summed E-state index contributed by atoms with van der Waals surface area (Å²) in [5, 5.41) is 15.7. The van der Waals surface area contributed by atoms with Gasteiger partial charge in [0.05, 0.1) is 16.8 Å². The first-order valence-electron chi connectivity index (χ1n) is 10.6. The first-order chi connectivity index (χ1) is 16.1. The molecule has 1 amide bonds. The molecule has 0 aliphatic carbocycles. The van der Waals surface area contributed by atoms with E-state index in [2.05, 4.69) is 15.6 Å². The van der Waals surface area contributed by atoms with Gasteiger partial charge in [0, 0.05) is 35.8 Å². The van der Waals surface area contributed by atoms with Crippen molar-refractivity contribution < 1.29 is 14.7 Å². The quantitative estimate of drug-likeness (QED) is 0.340. The van der Waals surface area contributed by atoms with Gasteiger partial charge in [-0.3, -0.25) is 9.78 Å². The molecule has 1 heterocycles. The molecule has 0 saturated heterocycles. The number of nitrogens with one attached hydrogen (secondary N) is 2. The SMILES string of the molecule is CCNc1ccccc1-c1ccc(C(=O)O)c(NC(=O)c2cncc(-c3ccccc3)c2)c1. The van der Waals surface area contributed by atoms with Crippen molar-refractivity contribution in [1.29, 1.82) is 0 Å². The Labute approximate surface area is 191 Å². The molecule has 4 aromatic rings. The summed E-state index contributed by atoms with van der Waals surface area (Å²) in [7, 11) is 0. The van der Waals surface area contributed by atoms with Crippen LogP contribution in [0.15, 0.2) is 91.3 Å². The molecule has 0 aliphatic rings. The summed E-state index contributed by atoms with van der Waals surface area (Å²) in [5.74, 6) is -1.55. The van der Waals surface area contributed by atoms with Crippen LogP contribution in [0.25, 0.3) is 22.3 Å². The number of carboxylic acids is 1. The predicted octanol–water partition coefficient (Wildman–Crippen LogP) is 5.80. The number of carboxylic acid groups (broad SMARTS) is 1. The zero-order valence-electron chi connectivity index (χ0n) is 18.1. The highest BCUT2D eigenvalue weighted by atomic mass is 16.4. The number of carbonyl (C=O) groups excluding carboxylic acids is 1. The van der Waals surface area contributed by atoms with E-state index in [9.17, 15) is 14.7 Å². The van der Waals surface area contributed by atoms with Crippen molar-refractivity contribution in [1.82, 2.24) is 4.98 Å². The lowest BCUT2D eigenvalue weighted by atomic mass is 10.00. The number of aromatic nitrogens is 1. The lowest BCUT2D eigenvalue weighted by Gasteiger charge is -2.14. The van der Waals surface area contributed by atoms with E-state index >= 15 is 0 Å². The second kappa shape index (κ2) is 9.78. The van der Waals surface area contributed by atoms with Crippen LogP contribution < -0.4 is 10.6 Å². The van der Waals surface area contributed by atoms with E-state index in [-0.39, 0.29) is 11.3 Å². The van der Waals surface area contributed by atoms with Gasteiger partial charge < -0.3 is 15.7 Å². The normalized spacial score (nSPS) is 10.5. The number of aromatic carboxylic acids is 1. The van der Waals surface area contributed by atoms with Gasteiger partial charge in [-0.1, -0.05) is 54.6 Å². The molecule has 164 valence electrons. The van der Waals surface area contributed by atoms with Crippen molar-refractivity contribution in [2.24, 2.45) is 0 Å². The zero-order chi connectivity index (χ0) is 23.2. The van der Waals surface area contributed by atoms with Gasteiger partial charge in [0.15, 0.2) is 0 Å². The molecule has 6 nitrogen and oxygen atoms in total. The topological polar surface area (TPSA) is 91.3 Å². The van der Waals surface area contributed by atoms with E-state index < -0.39 is 11.9 Å². The second-order valence-electron chi connectivity index (χ2n) is 7.42. The first kappa shape index (κ1) is 21.8. The van der Waals surface area contributed by atoms with Crippen molar-refractivity contribution in [3.05, 3.63) is 102 Å². The second-order valence-corrected chi connectivity index (χ2v) is 7.42. The number of amides is 1. The maximum atomic E-state index is 13.0. The van der Waals surface area contributed by atoms with Gasteiger partial charge in [0.25, 0.3) is 5.91 Å². The van der Waals surface area contributed by atoms with Crippen LogP contribution in [0.5, 0.6) is 0 Å². The lowest BCUT2D eigenvalue weighted by Crippen LogP contribution is -2.15. The van der Waals surface area contributed by atoms with Crippen molar-refractivity contribution in [2.45, 2.75) is 6.92 Å². The zero-order valence-corrected chi connectivity index (χ0v) is 18.1. The fraction of sp³-hybridized carbons (Fsp3) is 0.0741. The van der Waals surface area contributed by atoms with E-state index in [1.165, 1.54) is 12.3 Å². The van der Waals surface area contributed by atoms with E-state index in [1.807, 2.05) is 61.5 Å². The molecular formula is C27H23N3O3. The molecule has 0 radical (unpaired) electrons. The summed E-state index contributed by atoms with van der Waals surface area (Å²) >= 11 is 0. The van der Waals surface area contributed by atoms with Crippen LogP contribution in [-0.4, -0.2) is 28.5 Å². The summed E-state index contributed by atoms with van der Waals surface area (Å²) in [6.45, 7) is 2.76. The van der Waals surface area contributed by atoms with Gasteiger partial charge in [-0.05, 0) is 42.3 Å². The highest BCUT2D eigenvalue weighted by Crippen LogP contribution is 2.31. The molecule has 0 spiro atoms. The molecule has 4 rings (SSSR count). The Morgan fingerprint density at radius 1 is 0.818 bits per heavy atom. The molecular weight excluding hydrogens is 414 g/mol. The van der Waals surface area contributed by atoms with Gasteiger partial charge in [-0.25, -0.2) is 4.79 Å². The molecule has 0 bridgehead atoms. The monoisotopic (exact) mass is 437 g/mol. The van der Waals surface area contributed by atoms with E-state index in [1.54, 1.807) is 24.4 Å². The number of anilines is 2. The largest absolute Gasteiger partial charge is 0.478 e. The van der Waals surface area contributed by atoms with Crippen LogP contribution in [0, 0.1) is 0 Å². The predicted molar refractivity (Wildman–Crippen MR) is 131 cm³/mol. The Morgan fingerprint density at radius 3 is 2.33 bits per heavy atom. The van der Waals surface area contributed by atoms with Crippen molar-refractivity contribution in [3.8, 4) is 22.3 Å². The Morgan fingerprint density at radius 2 is 1.58 bits per heavy atom. The molecule has 0 atom stereocenters. The number of carbonyl (C=O) groups is 2. The summed E-state index contributed by atoms with van der Waals surface area (Å²) in [4.78, 5) is 29.0. The molecule has 6 heteroatoms. The summed E-state index contributed by atoms with van der Waals surface area (Å²) in [5.41, 5.74) is 4.96. The van der Waals surface area contributed by atoms with E-state index in [4.69, 9.17) is 0 Å². The van der Waals surface area contributed by atoms with Crippen LogP contribution in [0.1, 0.15) is 27.6 Å². The smallest absolute Gasteiger partial charge is 0.337 e. The minimum Gasteiger partial charge on any atom is -0.478 e. The van der Waals surface area contributed by atoms with Gasteiger partial charge in [-0.2, -0.15) is 0 Å². The highest BCUT2D eigenvalue weighted by Gasteiger charge is 2.16. The van der Waals surface area contributed by atoms with Gasteiger partial charge in [-0.15, -0.1) is 0 Å². The number of pyridine rings is 1.